The first-order valence-electron chi connectivity index (χ1n) is 12.5. The molecule has 36 heavy (non-hydrogen) atoms. The highest BCUT2D eigenvalue weighted by Crippen LogP contribution is 2.42. The van der Waals surface area contributed by atoms with E-state index in [4.69, 9.17) is 22.6 Å². The van der Waals surface area contributed by atoms with Gasteiger partial charge >= 0.3 is 0 Å². The molecule has 2 bridgehead atoms. The van der Waals surface area contributed by atoms with Crippen molar-refractivity contribution in [1.82, 2.24) is 20.0 Å². The molecule has 8 heteroatoms. The average Bonchev–Trinajstić information content (AvgIpc) is 3.29. The topological polar surface area (TPSA) is 72.2 Å². The molecule has 3 fully saturated rings. The Morgan fingerprint density at radius 2 is 2.00 bits per heavy atom. The van der Waals surface area contributed by atoms with Crippen molar-refractivity contribution in [3.05, 3.63) is 65.9 Å². The standard InChI is InChI=1S/C28H33N7S/c1-33(2)23-9-7-20(8-10-23)26-15-27(34(3)32-26)25-18-35-12-11-21(25)14-24(35)17-30-28(36)31-22-6-4-5-19(13-22)16-29/h4-10,13,15,21,24-25H,11-12,14,17-18H2,1-3H3,(H2,30,31,36). The summed E-state index contributed by atoms with van der Waals surface area (Å²) in [6, 6.07) is 20.9. The monoisotopic (exact) mass is 499 g/mol. The lowest BCUT2D eigenvalue weighted by molar-refractivity contribution is 0.0303. The van der Waals surface area contributed by atoms with Gasteiger partial charge in [0.2, 0.25) is 0 Å². The largest absolute Gasteiger partial charge is 0.378 e. The first-order chi connectivity index (χ1) is 17.4. The predicted molar refractivity (Wildman–Crippen MR) is 149 cm³/mol. The zero-order chi connectivity index (χ0) is 25.2. The lowest BCUT2D eigenvalue weighted by Crippen LogP contribution is -2.56. The van der Waals surface area contributed by atoms with Crippen molar-refractivity contribution in [3.8, 4) is 17.3 Å². The SMILES string of the molecule is CN(C)c1ccc(-c2cc(C3CN4CCC3CC4CNC(=S)Nc3cccc(C#N)c3)n(C)n2)cc1. The Labute approximate surface area is 218 Å². The second-order valence-corrected chi connectivity index (χ2v) is 10.5. The Bertz CT molecular complexity index is 1270. The summed E-state index contributed by atoms with van der Waals surface area (Å²) in [5.74, 6) is 1.15. The number of benzene rings is 2. The minimum atomic E-state index is 0.469. The molecule has 2 N–H and O–H groups in total. The van der Waals surface area contributed by atoms with Crippen molar-refractivity contribution in [2.24, 2.45) is 13.0 Å². The second kappa shape index (κ2) is 10.3. The fraction of sp³-hybridized carbons (Fsp3) is 0.393. The van der Waals surface area contributed by atoms with Crippen LogP contribution in [0.1, 0.15) is 30.0 Å². The number of anilines is 2. The van der Waals surface area contributed by atoms with Gasteiger partial charge in [-0.2, -0.15) is 10.4 Å². The highest BCUT2D eigenvalue weighted by molar-refractivity contribution is 7.80. The fourth-order valence-electron chi connectivity index (χ4n) is 5.64. The minimum Gasteiger partial charge on any atom is -0.378 e. The zero-order valence-corrected chi connectivity index (χ0v) is 21.9. The van der Waals surface area contributed by atoms with Gasteiger partial charge in [-0.1, -0.05) is 18.2 Å². The van der Waals surface area contributed by atoms with Gasteiger partial charge in [0.1, 0.15) is 0 Å². The van der Waals surface area contributed by atoms with E-state index in [1.54, 1.807) is 6.07 Å². The maximum Gasteiger partial charge on any atom is 0.170 e. The molecule has 3 aliphatic heterocycles. The smallest absolute Gasteiger partial charge is 0.170 e. The Hall–Kier alpha value is -3.41. The number of hydrogen-bond acceptors (Lipinski definition) is 5. The Morgan fingerprint density at radius 1 is 1.19 bits per heavy atom. The molecule has 3 aliphatic rings. The first-order valence-corrected chi connectivity index (χ1v) is 12.9. The number of fused-ring (bicyclic) bond motifs is 3. The van der Waals surface area contributed by atoms with Crippen LogP contribution in [0.25, 0.3) is 11.3 Å². The molecule has 2 aromatic carbocycles. The number of aromatic nitrogens is 2. The van der Waals surface area contributed by atoms with Crippen LogP contribution in [-0.4, -0.2) is 59.6 Å². The quantitative estimate of drug-likeness (QED) is 0.493. The van der Waals surface area contributed by atoms with E-state index in [2.05, 4.69) is 82.7 Å². The van der Waals surface area contributed by atoms with Crippen molar-refractivity contribution >= 4 is 28.7 Å². The Morgan fingerprint density at radius 3 is 2.69 bits per heavy atom. The van der Waals surface area contributed by atoms with Gasteiger partial charge in [-0.05, 0) is 73.9 Å². The summed E-state index contributed by atoms with van der Waals surface area (Å²) in [6.45, 7) is 3.01. The van der Waals surface area contributed by atoms with Crippen LogP contribution in [-0.2, 0) is 7.05 Å². The van der Waals surface area contributed by atoms with E-state index in [1.807, 2.05) is 18.2 Å². The predicted octanol–water partition coefficient (Wildman–Crippen LogP) is 4.19. The van der Waals surface area contributed by atoms with Gasteiger partial charge in [0.15, 0.2) is 5.11 Å². The molecular formula is C28H33N7S. The van der Waals surface area contributed by atoms with Crippen molar-refractivity contribution in [2.75, 3.05) is 43.9 Å². The van der Waals surface area contributed by atoms with Crippen LogP contribution in [0.4, 0.5) is 11.4 Å². The number of hydrogen-bond donors (Lipinski definition) is 2. The van der Waals surface area contributed by atoms with Gasteiger partial charge in [-0.3, -0.25) is 9.58 Å². The lowest BCUT2D eigenvalue weighted by atomic mass is 9.74. The Balaban J connectivity index is 1.20. The molecule has 186 valence electrons. The zero-order valence-electron chi connectivity index (χ0n) is 21.1. The van der Waals surface area contributed by atoms with Gasteiger partial charge in [-0.25, -0.2) is 0 Å². The van der Waals surface area contributed by atoms with Crippen molar-refractivity contribution in [2.45, 2.75) is 24.8 Å². The maximum atomic E-state index is 9.10. The number of piperidine rings is 3. The summed E-state index contributed by atoms with van der Waals surface area (Å²) in [5, 5.41) is 21.2. The van der Waals surface area contributed by atoms with Crippen LogP contribution in [0.15, 0.2) is 54.6 Å². The van der Waals surface area contributed by atoms with E-state index >= 15 is 0 Å². The molecule has 0 amide bonds. The van der Waals surface area contributed by atoms with Crippen LogP contribution in [0.3, 0.4) is 0 Å². The molecule has 7 nitrogen and oxygen atoms in total. The molecule has 1 aromatic heterocycles. The summed E-state index contributed by atoms with van der Waals surface area (Å²) in [7, 11) is 6.20. The van der Waals surface area contributed by atoms with E-state index in [0.717, 1.165) is 43.0 Å². The summed E-state index contributed by atoms with van der Waals surface area (Å²) in [4.78, 5) is 4.72. The molecule has 3 aromatic rings. The number of nitrogens with one attached hydrogen (secondary N) is 2. The molecular weight excluding hydrogens is 466 g/mol. The second-order valence-electron chi connectivity index (χ2n) is 10.1. The third-order valence-corrected chi connectivity index (χ3v) is 7.85. The summed E-state index contributed by atoms with van der Waals surface area (Å²) in [6.07, 6.45) is 2.38. The molecule has 0 saturated carbocycles. The normalized spacial score (nSPS) is 22.6. The number of nitrogens with zero attached hydrogens (tertiary/aromatic N) is 5. The Kier molecular flexibility index (Phi) is 6.95. The number of aryl methyl sites for hydroxylation is 1. The van der Waals surface area contributed by atoms with Gasteiger partial charge in [-0.15, -0.1) is 0 Å². The van der Waals surface area contributed by atoms with Crippen LogP contribution in [0.5, 0.6) is 0 Å². The molecule has 0 radical (unpaired) electrons. The van der Waals surface area contributed by atoms with Crippen molar-refractivity contribution < 1.29 is 0 Å². The highest BCUT2D eigenvalue weighted by atomic mass is 32.1. The number of nitriles is 1. The molecule has 6 rings (SSSR count). The maximum absolute atomic E-state index is 9.10. The molecule has 0 spiro atoms. The molecule has 3 saturated heterocycles. The summed E-state index contributed by atoms with van der Waals surface area (Å²) >= 11 is 5.52. The van der Waals surface area contributed by atoms with Crippen molar-refractivity contribution in [1.29, 1.82) is 5.26 Å². The molecule has 4 heterocycles. The van der Waals surface area contributed by atoms with E-state index in [0.29, 0.717) is 28.6 Å². The van der Waals surface area contributed by atoms with Gasteiger partial charge in [0.05, 0.1) is 17.3 Å². The van der Waals surface area contributed by atoms with Gasteiger partial charge in [0, 0.05) is 68.8 Å². The van der Waals surface area contributed by atoms with E-state index in [1.165, 1.54) is 17.8 Å². The van der Waals surface area contributed by atoms with E-state index in [9.17, 15) is 0 Å². The fourth-order valence-corrected chi connectivity index (χ4v) is 5.84. The molecule has 0 aliphatic carbocycles. The van der Waals surface area contributed by atoms with Crippen LogP contribution in [0, 0.1) is 17.2 Å². The molecule has 4 atom stereocenters. The van der Waals surface area contributed by atoms with Crippen molar-refractivity contribution in [3.63, 3.8) is 0 Å². The first kappa shape index (κ1) is 24.3. The van der Waals surface area contributed by atoms with Crippen LogP contribution >= 0.6 is 12.2 Å². The summed E-state index contributed by atoms with van der Waals surface area (Å²) < 4.78 is 2.09. The average molecular weight is 500 g/mol. The van der Waals surface area contributed by atoms with Crippen LogP contribution in [0.2, 0.25) is 0 Å². The highest BCUT2D eigenvalue weighted by Gasteiger charge is 2.41. The van der Waals surface area contributed by atoms with E-state index < -0.39 is 0 Å². The van der Waals surface area contributed by atoms with Gasteiger partial charge < -0.3 is 15.5 Å². The van der Waals surface area contributed by atoms with E-state index in [-0.39, 0.29) is 0 Å². The third-order valence-electron chi connectivity index (χ3n) is 7.60. The third kappa shape index (κ3) is 5.08. The number of thiocarbonyl (C=S) groups is 1. The molecule has 4 unspecified atom stereocenters. The lowest BCUT2D eigenvalue weighted by Gasteiger charge is -2.50. The minimum absolute atomic E-state index is 0.469. The summed E-state index contributed by atoms with van der Waals surface area (Å²) in [5.41, 5.74) is 6.18. The van der Waals surface area contributed by atoms with Crippen LogP contribution < -0.4 is 15.5 Å². The number of rotatable bonds is 6. The van der Waals surface area contributed by atoms with Gasteiger partial charge in [0.25, 0.3) is 0 Å².